The Hall–Kier alpha value is -4.34. The van der Waals surface area contributed by atoms with Crippen molar-refractivity contribution in [2.45, 2.75) is 45.6 Å². The summed E-state index contributed by atoms with van der Waals surface area (Å²) >= 11 is 0. The number of pyridine rings is 1. The normalized spacial score (nSPS) is 10.9. The molecule has 9 nitrogen and oxygen atoms in total. The number of rotatable bonds is 11. The molecule has 0 aliphatic carbocycles. The Balaban J connectivity index is 1.25. The molecule has 10 heteroatoms. The fourth-order valence-corrected chi connectivity index (χ4v) is 3.95. The minimum absolute atomic E-state index is 0.0216. The molecule has 0 fully saturated rings. The van der Waals surface area contributed by atoms with Crippen LogP contribution in [-0.2, 0) is 30.6 Å². The van der Waals surface area contributed by atoms with E-state index in [0.717, 1.165) is 41.6 Å². The number of halogens is 1. The molecule has 0 bridgehead atoms. The van der Waals surface area contributed by atoms with Crippen molar-refractivity contribution in [3.8, 4) is 11.1 Å². The van der Waals surface area contributed by atoms with Crippen molar-refractivity contribution in [3.05, 3.63) is 89.0 Å². The van der Waals surface area contributed by atoms with Gasteiger partial charge in [0, 0.05) is 31.9 Å². The van der Waals surface area contributed by atoms with Crippen LogP contribution < -0.4 is 5.32 Å². The van der Waals surface area contributed by atoms with Crippen LogP contribution in [0.15, 0.2) is 54.9 Å². The molecule has 4 rings (SSSR count). The van der Waals surface area contributed by atoms with Crippen molar-refractivity contribution in [1.29, 1.82) is 0 Å². The van der Waals surface area contributed by atoms with Gasteiger partial charge in [-0.1, -0.05) is 11.3 Å². The highest BCUT2D eigenvalue weighted by atomic mass is 19.1. The van der Waals surface area contributed by atoms with Crippen molar-refractivity contribution < 1.29 is 14.0 Å². The lowest BCUT2D eigenvalue weighted by Gasteiger charge is -2.08. The Morgan fingerprint density at radius 2 is 1.73 bits per heavy atom. The average molecular weight is 502 g/mol. The molecule has 0 spiro atoms. The summed E-state index contributed by atoms with van der Waals surface area (Å²) in [6, 6.07) is 12.0. The Labute approximate surface area is 214 Å². The van der Waals surface area contributed by atoms with Crippen molar-refractivity contribution in [3.63, 3.8) is 0 Å². The Morgan fingerprint density at radius 3 is 2.51 bits per heavy atom. The number of Topliss-reactive ketones (excluding diaryl/α,β-unsaturated/α-hetero) is 1. The van der Waals surface area contributed by atoms with Gasteiger partial charge in [0.15, 0.2) is 5.69 Å². The highest BCUT2D eigenvalue weighted by Gasteiger charge is 2.11. The molecule has 0 aliphatic heterocycles. The number of hydrogen-bond donors (Lipinski definition) is 1. The van der Waals surface area contributed by atoms with E-state index in [1.807, 2.05) is 31.2 Å². The average Bonchev–Trinajstić information content (AvgIpc) is 3.37. The van der Waals surface area contributed by atoms with E-state index in [-0.39, 0.29) is 30.3 Å². The van der Waals surface area contributed by atoms with Crippen LogP contribution in [0.3, 0.4) is 0 Å². The Morgan fingerprint density at radius 1 is 0.946 bits per heavy atom. The molecule has 1 amide bonds. The summed E-state index contributed by atoms with van der Waals surface area (Å²) in [6.07, 6.45) is 6.05. The number of nitrogens with one attached hydrogen (secondary N) is 1. The maximum absolute atomic E-state index is 13.7. The van der Waals surface area contributed by atoms with Gasteiger partial charge in [-0.25, -0.2) is 4.39 Å². The lowest BCUT2D eigenvalue weighted by atomic mass is 9.99. The second-order valence-electron chi connectivity index (χ2n) is 8.81. The number of unbranched alkanes of at least 4 members (excludes halogenated alkanes) is 1. The lowest BCUT2D eigenvalue weighted by Crippen LogP contribution is -2.18. The number of carbonyl (C=O) groups is 2. The minimum Gasteiger partial charge on any atom is -0.354 e. The molecule has 37 heavy (non-hydrogen) atoms. The van der Waals surface area contributed by atoms with Gasteiger partial charge in [-0.3, -0.25) is 19.3 Å². The highest BCUT2D eigenvalue weighted by molar-refractivity contribution is 5.91. The number of nitrogens with zero attached hydrogens (tertiary/aromatic N) is 6. The van der Waals surface area contributed by atoms with E-state index in [1.165, 1.54) is 12.1 Å². The predicted octanol–water partition coefficient (Wildman–Crippen LogP) is 3.31. The number of benzene rings is 1. The van der Waals surface area contributed by atoms with E-state index in [9.17, 15) is 14.0 Å². The summed E-state index contributed by atoms with van der Waals surface area (Å²) in [5, 5.41) is 18.8. The molecular formula is C27H28FN7O2. The third-order valence-electron chi connectivity index (χ3n) is 5.93. The molecule has 4 aromatic rings. The number of hydrogen-bond acceptors (Lipinski definition) is 7. The van der Waals surface area contributed by atoms with Crippen LogP contribution in [-0.4, -0.2) is 48.9 Å². The highest BCUT2D eigenvalue weighted by Crippen LogP contribution is 2.24. The lowest BCUT2D eigenvalue weighted by molar-refractivity contribution is -0.117. The van der Waals surface area contributed by atoms with Gasteiger partial charge in [0.25, 0.3) is 5.91 Å². The first kappa shape index (κ1) is 25.7. The van der Waals surface area contributed by atoms with Crippen LogP contribution in [0.1, 0.15) is 46.0 Å². The molecule has 3 heterocycles. The zero-order valence-electron chi connectivity index (χ0n) is 20.8. The number of aryl methyl sites for hydroxylation is 3. The maximum atomic E-state index is 13.7. The SMILES string of the molecule is CNC(=O)c1cn(CCCCc2ccc(CC(=O)Cc3cc(-c4cc(F)ccc4C)ccn3)nn2)nn1. The molecule has 0 saturated carbocycles. The third kappa shape index (κ3) is 7.09. The number of ketones is 1. The first-order chi connectivity index (χ1) is 17.9. The summed E-state index contributed by atoms with van der Waals surface area (Å²) in [7, 11) is 1.55. The van der Waals surface area contributed by atoms with Gasteiger partial charge in [-0.2, -0.15) is 10.2 Å². The quantitative estimate of drug-likeness (QED) is 0.314. The summed E-state index contributed by atoms with van der Waals surface area (Å²) in [5.74, 6) is -0.584. The second-order valence-corrected chi connectivity index (χ2v) is 8.81. The molecule has 1 N–H and O–H groups in total. The molecule has 0 atom stereocenters. The Bertz CT molecular complexity index is 1390. The van der Waals surface area contributed by atoms with E-state index < -0.39 is 0 Å². The minimum atomic E-state index is -0.302. The van der Waals surface area contributed by atoms with E-state index in [1.54, 1.807) is 30.2 Å². The Kier molecular flexibility index (Phi) is 8.40. The number of amides is 1. The fraction of sp³-hybridized carbons (Fsp3) is 0.296. The molecule has 0 radical (unpaired) electrons. The van der Waals surface area contributed by atoms with E-state index >= 15 is 0 Å². The van der Waals surface area contributed by atoms with Crippen LogP contribution in [0, 0.1) is 12.7 Å². The van der Waals surface area contributed by atoms with Crippen molar-refractivity contribution >= 4 is 11.7 Å². The van der Waals surface area contributed by atoms with Crippen LogP contribution in [0.2, 0.25) is 0 Å². The summed E-state index contributed by atoms with van der Waals surface area (Å²) in [5.41, 5.74) is 4.95. The standard InChI is InChI=1S/C27H28FN7O2/c1-18-6-7-20(28)14-25(18)19-10-11-30-23(13-19)16-24(36)15-22-9-8-21(31-32-22)5-3-4-12-35-17-26(33-34-35)27(37)29-2/h6-11,13-14,17H,3-5,12,15-16H2,1-2H3,(H,29,37). The van der Waals surface area contributed by atoms with Crippen molar-refractivity contribution in [2.75, 3.05) is 7.05 Å². The largest absolute Gasteiger partial charge is 0.354 e. The van der Waals surface area contributed by atoms with Gasteiger partial charge in [0.1, 0.15) is 11.6 Å². The molecule has 0 aliphatic rings. The predicted molar refractivity (Wildman–Crippen MR) is 135 cm³/mol. The molecule has 3 aromatic heterocycles. The van der Waals surface area contributed by atoms with E-state index in [4.69, 9.17) is 0 Å². The van der Waals surface area contributed by atoms with Gasteiger partial charge >= 0.3 is 0 Å². The second kappa shape index (κ2) is 12.1. The van der Waals surface area contributed by atoms with Crippen LogP contribution in [0.4, 0.5) is 4.39 Å². The monoisotopic (exact) mass is 501 g/mol. The van der Waals surface area contributed by atoms with Crippen LogP contribution in [0.25, 0.3) is 11.1 Å². The number of carbonyl (C=O) groups excluding carboxylic acids is 2. The third-order valence-corrected chi connectivity index (χ3v) is 5.93. The fourth-order valence-electron chi connectivity index (χ4n) is 3.95. The van der Waals surface area contributed by atoms with Gasteiger partial charge in [-0.05, 0) is 79.3 Å². The summed E-state index contributed by atoms with van der Waals surface area (Å²) in [6.45, 7) is 2.57. The zero-order valence-corrected chi connectivity index (χ0v) is 20.8. The first-order valence-corrected chi connectivity index (χ1v) is 12.1. The first-order valence-electron chi connectivity index (χ1n) is 12.1. The van der Waals surface area contributed by atoms with Crippen LogP contribution >= 0.6 is 0 Å². The molecule has 0 unspecified atom stereocenters. The topological polar surface area (TPSA) is 116 Å². The molecule has 0 saturated heterocycles. The van der Waals surface area contributed by atoms with Gasteiger partial charge in [0.05, 0.1) is 24.0 Å². The van der Waals surface area contributed by atoms with Gasteiger partial charge < -0.3 is 5.32 Å². The van der Waals surface area contributed by atoms with Gasteiger partial charge in [-0.15, -0.1) is 5.10 Å². The van der Waals surface area contributed by atoms with Crippen molar-refractivity contribution in [2.24, 2.45) is 0 Å². The zero-order chi connectivity index (χ0) is 26.2. The molecular weight excluding hydrogens is 473 g/mol. The molecule has 190 valence electrons. The van der Waals surface area contributed by atoms with Gasteiger partial charge in [0.2, 0.25) is 0 Å². The number of aromatic nitrogens is 6. The maximum Gasteiger partial charge on any atom is 0.273 e. The van der Waals surface area contributed by atoms with E-state index in [2.05, 4.69) is 30.8 Å². The van der Waals surface area contributed by atoms with E-state index in [0.29, 0.717) is 23.6 Å². The summed E-state index contributed by atoms with van der Waals surface area (Å²) in [4.78, 5) is 28.5. The molecule has 1 aromatic carbocycles. The van der Waals surface area contributed by atoms with Crippen LogP contribution in [0.5, 0.6) is 0 Å². The van der Waals surface area contributed by atoms with Crippen molar-refractivity contribution in [1.82, 2.24) is 35.5 Å². The summed E-state index contributed by atoms with van der Waals surface area (Å²) < 4.78 is 15.4. The smallest absolute Gasteiger partial charge is 0.273 e.